The number of halogens is 1. The van der Waals surface area contributed by atoms with E-state index in [2.05, 4.69) is 30.6 Å². The van der Waals surface area contributed by atoms with Crippen molar-refractivity contribution in [3.63, 3.8) is 0 Å². The predicted octanol–water partition coefficient (Wildman–Crippen LogP) is 2.24. The standard InChI is InChI=1S/C17H25FN2O/c1-14(2)12-20(9-10-21-3)13-16-7-6-15(5-4-8-19)11-17(16)18/h6-7,11,14H,8-10,12-13,19H2,1-3H3. The number of nitrogens with zero attached hydrogens (tertiary/aromatic N) is 1. The highest BCUT2D eigenvalue weighted by Crippen LogP contribution is 2.13. The van der Waals surface area contributed by atoms with Crippen LogP contribution in [0.25, 0.3) is 0 Å². The SMILES string of the molecule is COCCN(Cc1ccc(C#CCN)cc1F)CC(C)C. The molecule has 0 aliphatic rings. The second-order valence-corrected chi connectivity index (χ2v) is 5.43. The number of hydrogen-bond acceptors (Lipinski definition) is 3. The first-order valence-corrected chi connectivity index (χ1v) is 7.25. The van der Waals surface area contributed by atoms with Crippen LogP contribution in [0.4, 0.5) is 4.39 Å². The largest absolute Gasteiger partial charge is 0.383 e. The van der Waals surface area contributed by atoms with Gasteiger partial charge >= 0.3 is 0 Å². The molecule has 2 N–H and O–H groups in total. The average Bonchev–Trinajstić information content (AvgIpc) is 2.44. The van der Waals surface area contributed by atoms with Gasteiger partial charge in [-0.2, -0.15) is 0 Å². The Kier molecular flexibility index (Phi) is 7.99. The zero-order valence-electron chi connectivity index (χ0n) is 13.2. The molecule has 0 aromatic heterocycles. The Morgan fingerprint density at radius 2 is 2.14 bits per heavy atom. The van der Waals surface area contributed by atoms with Crippen LogP contribution in [0.2, 0.25) is 0 Å². The van der Waals surface area contributed by atoms with Gasteiger partial charge in [-0.05, 0) is 18.1 Å². The van der Waals surface area contributed by atoms with Crippen molar-refractivity contribution in [2.75, 3.05) is 33.4 Å². The van der Waals surface area contributed by atoms with Crippen molar-refractivity contribution in [2.24, 2.45) is 11.7 Å². The third kappa shape index (κ3) is 6.72. The minimum Gasteiger partial charge on any atom is -0.383 e. The maximum absolute atomic E-state index is 14.1. The number of ether oxygens (including phenoxy) is 1. The highest BCUT2D eigenvalue weighted by molar-refractivity contribution is 5.37. The zero-order chi connectivity index (χ0) is 15.7. The van der Waals surface area contributed by atoms with Gasteiger partial charge in [0.05, 0.1) is 13.2 Å². The van der Waals surface area contributed by atoms with Crippen molar-refractivity contribution in [1.82, 2.24) is 4.90 Å². The van der Waals surface area contributed by atoms with Crippen molar-refractivity contribution in [1.29, 1.82) is 0 Å². The van der Waals surface area contributed by atoms with Gasteiger partial charge in [0.25, 0.3) is 0 Å². The number of nitrogens with two attached hydrogens (primary N) is 1. The van der Waals surface area contributed by atoms with E-state index in [9.17, 15) is 4.39 Å². The van der Waals surface area contributed by atoms with E-state index in [0.29, 0.717) is 30.2 Å². The molecule has 4 heteroatoms. The van der Waals surface area contributed by atoms with Crippen LogP contribution in [-0.2, 0) is 11.3 Å². The van der Waals surface area contributed by atoms with Crippen molar-refractivity contribution in [2.45, 2.75) is 20.4 Å². The average molecular weight is 292 g/mol. The fourth-order valence-corrected chi connectivity index (χ4v) is 2.12. The van der Waals surface area contributed by atoms with E-state index < -0.39 is 0 Å². The molecule has 0 atom stereocenters. The molecule has 116 valence electrons. The zero-order valence-corrected chi connectivity index (χ0v) is 13.2. The summed E-state index contributed by atoms with van der Waals surface area (Å²) in [6, 6.07) is 5.11. The maximum Gasteiger partial charge on any atom is 0.128 e. The number of benzene rings is 1. The lowest BCUT2D eigenvalue weighted by atomic mass is 10.1. The van der Waals surface area contributed by atoms with Crippen LogP contribution < -0.4 is 5.73 Å². The topological polar surface area (TPSA) is 38.5 Å². The number of rotatable bonds is 7. The van der Waals surface area contributed by atoms with Gasteiger partial charge in [-0.3, -0.25) is 4.90 Å². The van der Waals surface area contributed by atoms with E-state index in [1.807, 2.05) is 6.07 Å². The number of hydrogen-bond donors (Lipinski definition) is 1. The van der Waals surface area contributed by atoms with Crippen LogP contribution in [0.5, 0.6) is 0 Å². The van der Waals surface area contributed by atoms with Crippen LogP contribution in [-0.4, -0.2) is 38.3 Å². The lowest BCUT2D eigenvalue weighted by Crippen LogP contribution is -2.31. The molecule has 0 bridgehead atoms. The Morgan fingerprint density at radius 1 is 1.38 bits per heavy atom. The van der Waals surface area contributed by atoms with Crippen molar-refractivity contribution in [3.8, 4) is 11.8 Å². The van der Waals surface area contributed by atoms with Gasteiger partial charge in [-0.25, -0.2) is 4.39 Å². The highest BCUT2D eigenvalue weighted by Gasteiger charge is 2.11. The molecule has 0 amide bonds. The summed E-state index contributed by atoms with van der Waals surface area (Å²) in [7, 11) is 1.68. The van der Waals surface area contributed by atoms with E-state index in [4.69, 9.17) is 10.5 Å². The van der Waals surface area contributed by atoms with E-state index >= 15 is 0 Å². The molecule has 0 aliphatic heterocycles. The van der Waals surface area contributed by atoms with E-state index in [1.165, 1.54) is 6.07 Å². The summed E-state index contributed by atoms with van der Waals surface area (Å²) in [5, 5.41) is 0. The van der Waals surface area contributed by atoms with Crippen molar-refractivity contribution >= 4 is 0 Å². The fourth-order valence-electron chi connectivity index (χ4n) is 2.12. The molecular formula is C17H25FN2O. The lowest BCUT2D eigenvalue weighted by Gasteiger charge is -2.24. The fraction of sp³-hybridized carbons (Fsp3) is 0.529. The summed E-state index contributed by atoms with van der Waals surface area (Å²) in [6.07, 6.45) is 0. The molecule has 1 aromatic carbocycles. The molecule has 0 fully saturated rings. The van der Waals surface area contributed by atoms with Gasteiger partial charge in [0.15, 0.2) is 0 Å². The molecule has 0 saturated carbocycles. The molecule has 1 rings (SSSR count). The minimum atomic E-state index is -0.218. The molecule has 3 nitrogen and oxygen atoms in total. The minimum absolute atomic E-state index is 0.218. The monoisotopic (exact) mass is 292 g/mol. The van der Waals surface area contributed by atoms with Gasteiger partial charge < -0.3 is 10.5 Å². The van der Waals surface area contributed by atoms with Crippen LogP contribution >= 0.6 is 0 Å². The molecule has 21 heavy (non-hydrogen) atoms. The molecule has 0 heterocycles. The Morgan fingerprint density at radius 3 is 2.71 bits per heavy atom. The van der Waals surface area contributed by atoms with E-state index in [1.54, 1.807) is 13.2 Å². The van der Waals surface area contributed by atoms with Gasteiger partial charge in [-0.1, -0.05) is 31.8 Å². The summed E-state index contributed by atoms with van der Waals surface area (Å²) in [6.45, 7) is 7.53. The van der Waals surface area contributed by atoms with E-state index in [0.717, 1.165) is 13.1 Å². The normalized spacial score (nSPS) is 10.8. The molecule has 0 spiro atoms. The molecule has 0 aliphatic carbocycles. The summed E-state index contributed by atoms with van der Waals surface area (Å²) in [4.78, 5) is 2.21. The third-order valence-corrected chi connectivity index (χ3v) is 3.02. The maximum atomic E-state index is 14.1. The first-order valence-electron chi connectivity index (χ1n) is 7.25. The smallest absolute Gasteiger partial charge is 0.128 e. The van der Waals surface area contributed by atoms with Crippen LogP contribution in [0.1, 0.15) is 25.0 Å². The molecule has 1 aromatic rings. The lowest BCUT2D eigenvalue weighted by molar-refractivity contribution is 0.135. The van der Waals surface area contributed by atoms with Crippen LogP contribution in [0, 0.1) is 23.6 Å². The second kappa shape index (κ2) is 9.51. The van der Waals surface area contributed by atoms with Crippen LogP contribution in [0.15, 0.2) is 18.2 Å². The van der Waals surface area contributed by atoms with Gasteiger partial charge in [0.1, 0.15) is 5.82 Å². The summed E-state index contributed by atoms with van der Waals surface area (Å²) < 4.78 is 19.3. The quantitative estimate of drug-likeness (QED) is 0.783. The predicted molar refractivity (Wildman–Crippen MR) is 84.3 cm³/mol. The molecular weight excluding hydrogens is 267 g/mol. The summed E-state index contributed by atoms with van der Waals surface area (Å²) in [5.74, 6) is 5.88. The van der Waals surface area contributed by atoms with Gasteiger partial charge in [0, 0.05) is 37.9 Å². The second-order valence-electron chi connectivity index (χ2n) is 5.43. The first-order chi connectivity index (χ1) is 10.1. The molecule has 0 radical (unpaired) electrons. The number of methoxy groups -OCH3 is 1. The Balaban J connectivity index is 2.78. The Labute approximate surface area is 127 Å². The van der Waals surface area contributed by atoms with E-state index in [-0.39, 0.29) is 12.4 Å². The van der Waals surface area contributed by atoms with Crippen molar-refractivity contribution in [3.05, 3.63) is 35.1 Å². The molecule has 0 saturated heterocycles. The Bertz CT molecular complexity index is 491. The van der Waals surface area contributed by atoms with Gasteiger partial charge in [0.2, 0.25) is 0 Å². The van der Waals surface area contributed by atoms with Gasteiger partial charge in [-0.15, -0.1) is 0 Å². The highest BCUT2D eigenvalue weighted by atomic mass is 19.1. The molecule has 0 unspecified atom stereocenters. The third-order valence-electron chi connectivity index (χ3n) is 3.02. The summed E-state index contributed by atoms with van der Waals surface area (Å²) in [5.41, 5.74) is 6.66. The van der Waals surface area contributed by atoms with Crippen molar-refractivity contribution < 1.29 is 9.13 Å². The Hall–Kier alpha value is -1.41. The summed E-state index contributed by atoms with van der Waals surface area (Å²) >= 11 is 0. The van der Waals surface area contributed by atoms with Crippen LogP contribution in [0.3, 0.4) is 0 Å². The first kappa shape index (κ1) is 17.6.